The number of carbonyl (C=O) groups excluding carboxylic acids is 1. The molecule has 3 N–H and O–H groups in total. The van der Waals surface area contributed by atoms with Gasteiger partial charge in [-0.15, -0.1) is 5.10 Å². The number of halogens is 2. The molecule has 1 aromatic carbocycles. The van der Waals surface area contributed by atoms with Crippen molar-refractivity contribution in [1.82, 2.24) is 20.5 Å². The third kappa shape index (κ3) is 3.49. The van der Waals surface area contributed by atoms with E-state index in [-0.39, 0.29) is 16.8 Å². The normalized spacial score (nSPS) is 12.4. The Kier molecular flexibility index (Phi) is 4.42. The summed E-state index contributed by atoms with van der Waals surface area (Å²) in [4.78, 5) is 25.2. The first-order valence-electron chi connectivity index (χ1n) is 6.29. The zero-order chi connectivity index (χ0) is 15.6. The van der Waals surface area contributed by atoms with Gasteiger partial charge in [0.1, 0.15) is 5.82 Å². The number of aromatic nitrogens is 3. The maximum absolute atomic E-state index is 14.0. The molecular formula is C13H14ClFN4O2. The molecule has 1 aromatic heterocycles. The number of carbonyl (C=O) groups is 1. The van der Waals surface area contributed by atoms with E-state index in [2.05, 4.69) is 20.5 Å². The van der Waals surface area contributed by atoms with Crippen molar-refractivity contribution in [2.75, 3.05) is 0 Å². The Morgan fingerprint density at radius 1 is 1.43 bits per heavy atom. The summed E-state index contributed by atoms with van der Waals surface area (Å²) < 4.78 is 14.0. The van der Waals surface area contributed by atoms with Crippen molar-refractivity contribution >= 4 is 17.5 Å². The molecule has 0 radical (unpaired) electrons. The lowest BCUT2D eigenvalue weighted by atomic mass is 9.95. The molecular weight excluding hydrogens is 299 g/mol. The number of amides is 1. The fourth-order valence-electron chi connectivity index (χ4n) is 1.94. The van der Waals surface area contributed by atoms with Crippen molar-refractivity contribution in [3.63, 3.8) is 0 Å². The van der Waals surface area contributed by atoms with Crippen LogP contribution in [0.15, 0.2) is 23.0 Å². The second-order valence-corrected chi connectivity index (χ2v) is 5.32. The number of rotatable bonds is 4. The summed E-state index contributed by atoms with van der Waals surface area (Å²) >= 11 is 5.72. The minimum Gasteiger partial charge on any atom is -0.342 e. The van der Waals surface area contributed by atoms with Crippen molar-refractivity contribution in [1.29, 1.82) is 0 Å². The Morgan fingerprint density at radius 3 is 2.67 bits per heavy atom. The fraction of sp³-hybridized carbons (Fsp3) is 0.308. The summed E-state index contributed by atoms with van der Waals surface area (Å²) in [5, 5.41) is 8.56. The third-order valence-corrected chi connectivity index (χ3v) is 3.20. The first-order valence-corrected chi connectivity index (χ1v) is 6.66. The summed E-state index contributed by atoms with van der Waals surface area (Å²) in [6.45, 7) is 3.68. The van der Waals surface area contributed by atoms with Crippen molar-refractivity contribution < 1.29 is 9.18 Å². The average Bonchev–Trinajstić information content (AvgIpc) is 2.83. The molecule has 8 heteroatoms. The van der Waals surface area contributed by atoms with Gasteiger partial charge in [-0.2, -0.15) is 0 Å². The maximum Gasteiger partial charge on any atom is 0.341 e. The van der Waals surface area contributed by atoms with Crippen LogP contribution in [0.3, 0.4) is 0 Å². The van der Waals surface area contributed by atoms with E-state index in [1.54, 1.807) is 6.07 Å². The van der Waals surface area contributed by atoms with E-state index in [0.717, 1.165) is 0 Å². The minimum atomic E-state index is -0.596. The molecule has 0 aliphatic heterocycles. The van der Waals surface area contributed by atoms with Crippen LogP contribution in [0.1, 0.15) is 36.1 Å². The van der Waals surface area contributed by atoms with Gasteiger partial charge in [0, 0.05) is 10.6 Å². The first-order chi connectivity index (χ1) is 9.88. The van der Waals surface area contributed by atoms with Crippen LogP contribution in [-0.4, -0.2) is 21.1 Å². The van der Waals surface area contributed by atoms with Gasteiger partial charge >= 0.3 is 5.69 Å². The van der Waals surface area contributed by atoms with E-state index < -0.39 is 23.5 Å². The fourth-order valence-corrected chi connectivity index (χ4v) is 2.10. The van der Waals surface area contributed by atoms with Crippen LogP contribution in [-0.2, 0) is 0 Å². The Balaban J connectivity index is 2.27. The molecule has 1 amide bonds. The van der Waals surface area contributed by atoms with E-state index >= 15 is 0 Å². The quantitative estimate of drug-likeness (QED) is 0.806. The smallest absolute Gasteiger partial charge is 0.341 e. The van der Waals surface area contributed by atoms with Gasteiger partial charge in [0.05, 0.1) is 6.04 Å². The van der Waals surface area contributed by atoms with Gasteiger partial charge in [-0.3, -0.25) is 9.78 Å². The predicted molar refractivity (Wildman–Crippen MR) is 75.7 cm³/mol. The van der Waals surface area contributed by atoms with Gasteiger partial charge in [-0.25, -0.2) is 14.3 Å². The van der Waals surface area contributed by atoms with Gasteiger partial charge in [-0.1, -0.05) is 31.5 Å². The highest BCUT2D eigenvalue weighted by Gasteiger charge is 2.23. The summed E-state index contributed by atoms with van der Waals surface area (Å²) in [5.41, 5.74) is -0.264. The van der Waals surface area contributed by atoms with Crippen molar-refractivity contribution in [2.45, 2.75) is 19.9 Å². The van der Waals surface area contributed by atoms with Crippen LogP contribution >= 0.6 is 11.6 Å². The molecule has 0 fully saturated rings. The highest BCUT2D eigenvalue weighted by molar-refractivity contribution is 6.30. The van der Waals surface area contributed by atoms with Crippen molar-refractivity contribution in [3.8, 4) is 0 Å². The molecule has 0 aliphatic rings. The Morgan fingerprint density at radius 2 is 2.14 bits per heavy atom. The molecule has 1 atom stereocenters. The summed E-state index contributed by atoms with van der Waals surface area (Å²) in [5.74, 6) is -1.33. The number of nitrogens with zero attached hydrogens (tertiary/aromatic N) is 1. The summed E-state index contributed by atoms with van der Waals surface area (Å²) in [6.07, 6.45) is 0. The number of benzene rings is 1. The van der Waals surface area contributed by atoms with Crippen LogP contribution in [0.2, 0.25) is 5.02 Å². The van der Waals surface area contributed by atoms with Gasteiger partial charge in [0.25, 0.3) is 5.91 Å². The lowest BCUT2D eigenvalue weighted by Gasteiger charge is -2.22. The zero-order valence-corrected chi connectivity index (χ0v) is 12.2. The topological polar surface area (TPSA) is 90.6 Å². The second-order valence-electron chi connectivity index (χ2n) is 4.89. The van der Waals surface area contributed by atoms with Gasteiger partial charge in [0.15, 0.2) is 0 Å². The van der Waals surface area contributed by atoms with Crippen LogP contribution in [0.4, 0.5) is 4.39 Å². The monoisotopic (exact) mass is 312 g/mol. The van der Waals surface area contributed by atoms with Gasteiger partial charge in [-0.05, 0) is 18.1 Å². The van der Waals surface area contributed by atoms with E-state index in [1.165, 1.54) is 12.1 Å². The molecule has 112 valence electrons. The standard InChI is InChI=1S/C13H14ClFN4O2/c1-6(2)10(8-4-3-7(14)5-9(8)15)16-12(20)11-17-13(21)19-18-11/h3-6,10H,1-2H3,(H,16,20)(H2,17,18,19,21)/t10-/m1/s1. The zero-order valence-electron chi connectivity index (χ0n) is 11.4. The van der Waals surface area contributed by atoms with E-state index in [9.17, 15) is 14.0 Å². The highest BCUT2D eigenvalue weighted by atomic mass is 35.5. The number of hydrogen-bond donors (Lipinski definition) is 3. The summed E-state index contributed by atoms with van der Waals surface area (Å²) in [6, 6.07) is 3.69. The molecule has 0 spiro atoms. The highest BCUT2D eigenvalue weighted by Crippen LogP contribution is 2.26. The maximum atomic E-state index is 14.0. The molecule has 0 saturated heterocycles. The molecule has 21 heavy (non-hydrogen) atoms. The van der Waals surface area contributed by atoms with Gasteiger partial charge < -0.3 is 5.32 Å². The number of aromatic amines is 2. The molecule has 1 heterocycles. The largest absolute Gasteiger partial charge is 0.342 e. The summed E-state index contributed by atoms with van der Waals surface area (Å²) in [7, 11) is 0. The van der Waals surface area contributed by atoms with Crippen LogP contribution in [0.5, 0.6) is 0 Å². The lowest BCUT2D eigenvalue weighted by molar-refractivity contribution is 0.0914. The van der Waals surface area contributed by atoms with Crippen LogP contribution in [0.25, 0.3) is 0 Å². The first kappa shape index (κ1) is 15.2. The lowest BCUT2D eigenvalue weighted by Crippen LogP contribution is -2.33. The molecule has 2 rings (SSSR count). The predicted octanol–water partition coefficient (Wildman–Crippen LogP) is 2.02. The average molecular weight is 313 g/mol. The molecule has 2 aromatic rings. The van der Waals surface area contributed by atoms with Gasteiger partial charge in [0.2, 0.25) is 5.82 Å². The van der Waals surface area contributed by atoms with E-state index in [1.807, 2.05) is 13.8 Å². The van der Waals surface area contributed by atoms with Crippen molar-refractivity contribution in [2.24, 2.45) is 5.92 Å². The molecule has 0 unspecified atom stereocenters. The van der Waals surface area contributed by atoms with Crippen molar-refractivity contribution in [3.05, 3.63) is 50.9 Å². The number of nitrogens with one attached hydrogen (secondary N) is 3. The number of hydrogen-bond acceptors (Lipinski definition) is 3. The Bertz CT molecular complexity index is 710. The molecule has 6 nitrogen and oxygen atoms in total. The van der Waals surface area contributed by atoms with E-state index in [0.29, 0.717) is 5.56 Å². The molecule has 0 saturated carbocycles. The van der Waals surface area contributed by atoms with Crippen LogP contribution in [0, 0.1) is 11.7 Å². The van der Waals surface area contributed by atoms with Crippen LogP contribution < -0.4 is 11.0 Å². The Hall–Kier alpha value is -2.15. The third-order valence-electron chi connectivity index (χ3n) is 2.97. The SMILES string of the molecule is CC(C)[C@@H](NC(=O)c1n[nH]c(=O)[nH]1)c1ccc(Cl)cc1F. The number of H-pyrrole nitrogens is 2. The minimum absolute atomic E-state index is 0.0738. The van der Waals surface area contributed by atoms with E-state index in [4.69, 9.17) is 11.6 Å². The Labute approximate surface area is 124 Å². The molecule has 0 aliphatic carbocycles. The molecule has 0 bridgehead atoms. The second kappa shape index (κ2) is 6.09.